The van der Waals surface area contributed by atoms with Gasteiger partial charge in [0.15, 0.2) is 0 Å². The van der Waals surface area contributed by atoms with Crippen LogP contribution < -0.4 is 9.62 Å². The van der Waals surface area contributed by atoms with E-state index in [-0.39, 0.29) is 34.2 Å². The second-order valence-corrected chi connectivity index (χ2v) is 12.2. The number of hydrogen-bond acceptors (Lipinski definition) is 4. The quantitative estimate of drug-likeness (QED) is 0.413. The second-order valence-electron chi connectivity index (χ2n) is 8.73. The molecule has 196 valence electrons. The van der Waals surface area contributed by atoms with Gasteiger partial charge in [0.1, 0.15) is 12.6 Å². The zero-order valence-corrected chi connectivity index (χ0v) is 23.6. The van der Waals surface area contributed by atoms with Crippen molar-refractivity contribution in [1.29, 1.82) is 0 Å². The van der Waals surface area contributed by atoms with E-state index in [0.717, 1.165) is 36.2 Å². The van der Waals surface area contributed by atoms with Gasteiger partial charge < -0.3 is 10.2 Å². The average Bonchev–Trinajstić information content (AvgIpc) is 3.31. The van der Waals surface area contributed by atoms with Crippen LogP contribution in [0.25, 0.3) is 0 Å². The summed E-state index contributed by atoms with van der Waals surface area (Å²) in [7, 11) is -3.95. The second kappa shape index (κ2) is 12.2. The van der Waals surface area contributed by atoms with Crippen molar-refractivity contribution in [3.05, 3.63) is 62.1 Å². The summed E-state index contributed by atoms with van der Waals surface area (Å²) in [5.41, 5.74) is 0.500. The SMILES string of the molecule is C[C@H](C(=O)NC1CCCC1)N(Cc1c(Cl)cccc1Cl)C(=O)CN(c1cccc(Cl)c1Cl)S(C)(=O)=O. The van der Waals surface area contributed by atoms with Gasteiger partial charge in [0.2, 0.25) is 21.8 Å². The summed E-state index contributed by atoms with van der Waals surface area (Å²) in [6, 6.07) is 8.53. The van der Waals surface area contributed by atoms with Gasteiger partial charge >= 0.3 is 0 Å². The monoisotopic (exact) mass is 593 g/mol. The summed E-state index contributed by atoms with van der Waals surface area (Å²) in [4.78, 5) is 28.0. The number of rotatable bonds is 9. The molecule has 2 aromatic rings. The van der Waals surface area contributed by atoms with Gasteiger partial charge in [-0.1, -0.05) is 71.4 Å². The highest BCUT2D eigenvalue weighted by Crippen LogP contribution is 2.34. The van der Waals surface area contributed by atoms with Crippen LogP contribution in [-0.2, 0) is 26.2 Å². The van der Waals surface area contributed by atoms with Crippen LogP contribution in [0.5, 0.6) is 0 Å². The summed E-state index contributed by atoms with van der Waals surface area (Å²) in [6.45, 7) is 0.879. The first-order valence-electron chi connectivity index (χ1n) is 11.3. The maximum atomic E-state index is 13.7. The number of nitrogens with zero attached hydrogens (tertiary/aromatic N) is 2. The van der Waals surface area contributed by atoms with Crippen molar-refractivity contribution in [2.75, 3.05) is 17.1 Å². The van der Waals surface area contributed by atoms with E-state index in [1.54, 1.807) is 25.1 Å². The first kappa shape index (κ1) is 28.9. The van der Waals surface area contributed by atoms with Crippen LogP contribution in [0.2, 0.25) is 20.1 Å². The van der Waals surface area contributed by atoms with Gasteiger partial charge in [-0.2, -0.15) is 0 Å². The number of carbonyl (C=O) groups excluding carboxylic acids is 2. The van der Waals surface area contributed by atoms with Crippen LogP contribution in [0.15, 0.2) is 36.4 Å². The fourth-order valence-corrected chi connectivity index (χ4v) is 5.93. The molecule has 1 N–H and O–H groups in total. The molecule has 7 nitrogen and oxygen atoms in total. The predicted molar refractivity (Wildman–Crippen MR) is 146 cm³/mol. The minimum Gasteiger partial charge on any atom is -0.352 e. The molecule has 2 aromatic carbocycles. The van der Waals surface area contributed by atoms with Crippen LogP contribution >= 0.6 is 46.4 Å². The van der Waals surface area contributed by atoms with Crippen molar-refractivity contribution in [1.82, 2.24) is 10.2 Å². The third-order valence-electron chi connectivity index (χ3n) is 6.14. The largest absolute Gasteiger partial charge is 0.352 e. The Morgan fingerprint density at radius 3 is 2.14 bits per heavy atom. The molecule has 36 heavy (non-hydrogen) atoms. The Kier molecular flexibility index (Phi) is 9.80. The van der Waals surface area contributed by atoms with Gasteiger partial charge in [0, 0.05) is 28.2 Å². The minimum absolute atomic E-state index is 0.00915. The van der Waals surface area contributed by atoms with Crippen molar-refractivity contribution in [3.8, 4) is 0 Å². The topological polar surface area (TPSA) is 86.8 Å². The molecule has 1 saturated carbocycles. The highest BCUT2D eigenvalue weighted by atomic mass is 35.5. The molecule has 0 spiro atoms. The number of nitrogens with one attached hydrogen (secondary N) is 1. The Morgan fingerprint density at radius 2 is 1.56 bits per heavy atom. The van der Waals surface area contributed by atoms with Crippen molar-refractivity contribution in [2.45, 2.75) is 51.2 Å². The number of anilines is 1. The zero-order chi connectivity index (χ0) is 26.6. The number of hydrogen-bond donors (Lipinski definition) is 1. The highest BCUT2D eigenvalue weighted by molar-refractivity contribution is 7.92. The van der Waals surface area contributed by atoms with Crippen LogP contribution in [0, 0.1) is 0 Å². The summed E-state index contributed by atoms with van der Waals surface area (Å²) < 4.78 is 26.2. The van der Waals surface area contributed by atoms with Crippen LogP contribution in [0.4, 0.5) is 5.69 Å². The Labute approximate surface area is 231 Å². The Morgan fingerprint density at radius 1 is 1.00 bits per heavy atom. The molecule has 0 heterocycles. The molecule has 1 fully saturated rings. The van der Waals surface area contributed by atoms with E-state index in [9.17, 15) is 18.0 Å². The van der Waals surface area contributed by atoms with Crippen molar-refractivity contribution >= 4 is 73.9 Å². The smallest absolute Gasteiger partial charge is 0.244 e. The lowest BCUT2D eigenvalue weighted by Crippen LogP contribution is -2.52. The Bertz CT molecular complexity index is 1220. The fourth-order valence-electron chi connectivity index (χ4n) is 4.11. The third kappa shape index (κ3) is 6.98. The number of benzene rings is 2. The van der Waals surface area contributed by atoms with Gasteiger partial charge in [0.05, 0.1) is 22.0 Å². The van der Waals surface area contributed by atoms with E-state index in [4.69, 9.17) is 46.4 Å². The van der Waals surface area contributed by atoms with Crippen LogP contribution in [0.1, 0.15) is 38.2 Å². The molecule has 0 saturated heterocycles. The van der Waals surface area contributed by atoms with E-state index in [0.29, 0.717) is 15.6 Å². The molecule has 0 aromatic heterocycles. The minimum atomic E-state index is -3.95. The lowest BCUT2D eigenvalue weighted by atomic mass is 10.1. The molecule has 3 rings (SSSR count). The fraction of sp³-hybridized carbons (Fsp3) is 0.417. The van der Waals surface area contributed by atoms with Crippen molar-refractivity contribution in [2.24, 2.45) is 0 Å². The lowest BCUT2D eigenvalue weighted by molar-refractivity contribution is -0.139. The number of halogens is 4. The Balaban J connectivity index is 1.96. The first-order chi connectivity index (χ1) is 16.9. The standard InChI is InChI=1S/C24H27Cl4N3O4S/c1-15(24(33)29-16-7-3-4-8-16)30(13-17-18(25)9-5-10-19(17)26)22(32)14-31(36(2,34)35)21-12-6-11-20(27)23(21)28/h5-6,9-12,15-16H,3-4,7-8,13-14H2,1-2H3,(H,29,33)/t15-/m1/s1. The van der Waals surface area contributed by atoms with E-state index in [2.05, 4.69) is 5.32 Å². The first-order valence-corrected chi connectivity index (χ1v) is 14.7. The third-order valence-corrected chi connectivity index (χ3v) is 8.78. The van der Waals surface area contributed by atoms with E-state index in [1.807, 2.05) is 0 Å². The van der Waals surface area contributed by atoms with Crippen molar-refractivity contribution in [3.63, 3.8) is 0 Å². The van der Waals surface area contributed by atoms with E-state index >= 15 is 0 Å². The summed E-state index contributed by atoms with van der Waals surface area (Å²) in [5, 5.41) is 3.76. The maximum Gasteiger partial charge on any atom is 0.244 e. The number of sulfonamides is 1. The molecular formula is C24H27Cl4N3O4S. The Hall–Kier alpha value is -1.71. The molecular weight excluding hydrogens is 568 g/mol. The molecule has 1 aliphatic rings. The molecule has 0 bridgehead atoms. The lowest BCUT2D eigenvalue weighted by Gasteiger charge is -2.32. The van der Waals surface area contributed by atoms with Crippen LogP contribution in [-0.4, -0.2) is 50.0 Å². The zero-order valence-electron chi connectivity index (χ0n) is 19.8. The molecule has 0 aliphatic heterocycles. The molecule has 0 unspecified atom stereocenters. The van der Waals surface area contributed by atoms with Crippen molar-refractivity contribution < 1.29 is 18.0 Å². The molecule has 12 heteroatoms. The van der Waals surface area contributed by atoms with Gasteiger partial charge in [-0.3, -0.25) is 13.9 Å². The van der Waals surface area contributed by atoms with Gasteiger partial charge in [0.25, 0.3) is 0 Å². The maximum absolute atomic E-state index is 13.7. The van der Waals surface area contributed by atoms with E-state index < -0.39 is 28.5 Å². The van der Waals surface area contributed by atoms with Gasteiger partial charge in [-0.15, -0.1) is 0 Å². The molecule has 1 atom stereocenters. The summed E-state index contributed by atoms with van der Waals surface area (Å²) >= 11 is 25.1. The number of amides is 2. The summed E-state index contributed by atoms with van der Waals surface area (Å²) in [6.07, 6.45) is 4.76. The molecule has 2 amide bonds. The number of carbonyl (C=O) groups is 2. The summed E-state index contributed by atoms with van der Waals surface area (Å²) in [5.74, 6) is -0.980. The average molecular weight is 595 g/mol. The van der Waals surface area contributed by atoms with Gasteiger partial charge in [-0.25, -0.2) is 8.42 Å². The van der Waals surface area contributed by atoms with Gasteiger partial charge in [-0.05, 0) is 44.0 Å². The predicted octanol–water partition coefficient (Wildman–Crippen LogP) is 5.54. The molecule has 0 radical (unpaired) electrons. The van der Waals surface area contributed by atoms with E-state index in [1.165, 1.54) is 23.1 Å². The molecule has 1 aliphatic carbocycles. The van der Waals surface area contributed by atoms with Crippen LogP contribution in [0.3, 0.4) is 0 Å². The highest BCUT2D eigenvalue weighted by Gasteiger charge is 2.32. The normalized spacial score (nSPS) is 14.9.